The first-order chi connectivity index (χ1) is 9.31. The first-order valence-corrected chi connectivity index (χ1v) is 7.50. The molecule has 0 saturated heterocycles. The van der Waals surface area contributed by atoms with Crippen LogP contribution in [-0.2, 0) is 10.0 Å². The fourth-order valence-electron chi connectivity index (χ4n) is 1.72. The monoisotopic (exact) mass is 314 g/mol. The topological polar surface area (TPSA) is 72.2 Å². The lowest BCUT2D eigenvalue weighted by molar-refractivity contribution is 0.601. The number of aryl methyl sites for hydroxylation is 1. The summed E-state index contributed by atoms with van der Waals surface area (Å²) in [6.45, 7) is 1.54. The number of rotatable bonds is 3. The smallest absolute Gasteiger partial charge is 0.265 e. The fourth-order valence-corrected chi connectivity index (χ4v) is 3.45. The summed E-state index contributed by atoms with van der Waals surface area (Å²) in [5.74, 6) is -0.412. The Bertz CT molecular complexity index is 743. The summed E-state index contributed by atoms with van der Waals surface area (Å²) in [7, 11) is -3.93. The number of sulfonamides is 1. The van der Waals surface area contributed by atoms with Crippen LogP contribution in [0.5, 0.6) is 0 Å². The predicted octanol–water partition coefficient (Wildman–Crippen LogP) is 3.17. The van der Waals surface area contributed by atoms with E-state index in [0.717, 1.165) is 0 Å². The Balaban J connectivity index is 2.43. The first-order valence-electron chi connectivity index (χ1n) is 5.64. The number of nitrogens with one attached hydrogen (secondary N) is 1. The minimum absolute atomic E-state index is 0.0244. The van der Waals surface area contributed by atoms with Crippen LogP contribution in [0, 0.1) is 12.7 Å². The SMILES string of the molecule is Cc1cc(NS(=O)(=O)c2c(N)cccc2Cl)ccc1F. The largest absolute Gasteiger partial charge is 0.398 e. The third kappa shape index (κ3) is 2.86. The van der Waals surface area contributed by atoms with Gasteiger partial charge in [-0.3, -0.25) is 4.72 Å². The second-order valence-corrected chi connectivity index (χ2v) is 6.25. The zero-order valence-electron chi connectivity index (χ0n) is 10.5. The maximum atomic E-state index is 13.2. The van der Waals surface area contributed by atoms with Crippen molar-refractivity contribution in [1.29, 1.82) is 0 Å². The fraction of sp³-hybridized carbons (Fsp3) is 0.0769. The molecule has 0 bridgehead atoms. The summed E-state index contributed by atoms with van der Waals surface area (Å²) in [6.07, 6.45) is 0. The van der Waals surface area contributed by atoms with Crippen molar-refractivity contribution in [2.24, 2.45) is 0 Å². The lowest BCUT2D eigenvalue weighted by atomic mass is 10.2. The average Bonchev–Trinajstić information content (AvgIpc) is 2.33. The molecule has 0 amide bonds. The highest BCUT2D eigenvalue weighted by atomic mass is 35.5. The molecule has 7 heteroatoms. The second-order valence-electron chi connectivity index (χ2n) is 4.23. The number of benzene rings is 2. The summed E-state index contributed by atoms with van der Waals surface area (Å²) in [6, 6.07) is 8.33. The van der Waals surface area contributed by atoms with E-state index in [1.807, 2.05) is 0 Å². The molecule has 0 unspecified atom stereocenters. The lowest BCUT2D eigenvalue weighted by Crippen LogP contribution is -2.15. The number of anilines is 2. The van der Waals surface area contributed by atoms with Crippen molar-refractivity contribution in [3.05, 3.63) is 52.8 Å². The van der Waals surface area contributed by atoms with Crippen LogP contribution in [0.1, 0.15) is 5.56 Å². The third-order valence-corrected chi connectivity index (χ3v) is 4.60. The van der Waals surface area contributed by atoms with Gasteiger partial charge in [0.1, 0.15) is 10.7 Å². The van der Waals surface area contributed by atoms with E-state index in [1.54, 1.807) is 6.07 Å². The van der Waals surface area contributed by atoms with E-state index in [1.165, 1.54) is 37.3 Å². The Kier molecular flexibility index (Phi) is 3.87. The molecule has 106 valence electrons. The Morgan fingerprint density at radius 1 is 1.25 bits per heavy atom. The highest BCUT2D eigenvalue weighted by Crippen LogP contribution is 2.29. The van der Waals surface area contributed by atoms with Crippen LogP contribution in [0.2, 0.25) is 5.02 Å². The molecule has 0 radical (unpaired) electrons. The number of nitrogens with two attached hydrogens (primary N) is 1. The first kappa shape index (κ1) is 14.6. The molecule has 4 nitrogen and oxygen atoms in total. The molecule has 0 atom stereocenters. The van der Waals surface area contributed by atoms with Gasteiger partial charge in [0.15, 0.2) is 0 Å². The molecule has 0 aromatic heterocycles. The Hall–Kier alpha value is -1.79. The molecule has 3 N–H and O–H groups in total. The van der Waals surface area contributed by atoms with Gasteiger partial charge in [-0.15, -0.1) is 0 Å². The highest BCUT2D eigenvalue weighted by molar-refractivity contribution is 7.93. The van der Waals surface area contributed by atoms with Gasteiger partial charge in [0, 0.05) is 5.69 Å². The zero-order chi connectivity index (χ0) is 14.9. The summed E-state index contributed by atoms with van der Waals surface area (Å²) < 4.78 is 40.0. The van der Waals surface area contributed by atoms with Crippen LogP contribution in [-0.4, -0.2) is 8.42 Å². The van der Waals surface area contributed by atoms with Gasteiger partial charge in [0.2, 0.25) is 0 Å². The maximum absolute atomic E-state index is 13.2. The molecule has 0 heterocycles. The third-order valence-electron chi connectivity index (χ3n) is 2.68. The molecular formula is C13H12ClFN2O2S. The molecule has 0 aliphatic heterocycles. The molecule has 2 aromatic rings. The van der Waals surface area contributed by atoms with E-state index in [-0.39, 0.29) is 21.3 Å². The summed E-state index contributed by atoms with van der Waals surface area (Å²) >= 11 is 5.88. The lowest BCUT2D eigenvalue weighted by Gasteiger charge is -2.12. The van der Waals surface area contributed by atoms with Crippen molar-refractivity contribution in [3.8, 4) is 0 Å². The Morgan fingerprint density at radius 3 is 2.55 bits per heavy atom. The molecule has 0 fully saturated rings. The van der Waals surface area contributed by atoms with Crippen molar-refractivity contribution in [2.75, 3.05) is 10.5 Å². The van der Waals surface area contributed by atoms with Gasteiger partial charge < -0.3 is 5.73 Å². The van der Waals surface area contributed by atoms with E-state index < -0.39 is 15.8 Å². The quantitative estimate of drug-likeness (QED) is 0.855. The van der Waals surface area contributed by atoms with Gasteiger partial charge in [-0.25, -0.2) is 12.8 Å². The second kappa shape index (κ2) is 5.30. The van der Waals surface area contributed by atoms with Crippen molar-refractivity contribution >= 4 is 33.0 Å². The molecule has 20 heavy (non-hydrogen) atoms. The number of nitrogen functional groups attached to an aromatic ring is 1. The standard InChI is InChI=1S/C13H12ClFN2O2S/c1-8-7-9(5-6-11(8)15)17-20(18,19)13-10(14)3-2-4-12(13)16/h2-7,17H,16H2,1H3. The maximum Gasteiger partial charge on any atom is 0.265 e. The molecule has 0 spiro atoms. The van der Waals surface area contributed by atoms with Crippen LogP contribution < -0.4 is 10.5 Å². The van der Waals surface area contributed by atoms with Gasteiger partial charge in [-0.1, -0.05) is 17.7 Å². The van der Waals surface area contributed by atoms with E-state index >= 15 is 0 Å². The van der Waals surface area contributed by atoms with Crippen molar-refractivity contribution in [3.63, 3.8) is 0 Å². The van der Waals surface area contributed by atoms with Gasteiger partial charge in [-0.05, 0) is 42.8 Å². The zero-order valence-corrected chi connectivity index (χ0v) is 12.1. The number of halogens is 2. The number of hydrogen-bond donors (Lipinski definition) is 2. The summed E-state index contributed by atoms with van der Waals surface area (Å²) in [5.41, 5.74) is 6.27. The minimum atomic E-state index is -3.93. The molecule has 0 aliphatic carbocycles. The van der Waals surface area contributed by atoms with E-state index in [4.69, 9.17) is 17.3 Å². The normalized spacial score (nSPS) is 11.3. The molecule has 0 saturated carbocycles. The summed E-state index contributed by atoms with van der Waals surface area (Å²) in [5, 5.41) is 0.0244. The van der Waals surface area contributed by atoms with Gasteiger partial charge in [0.25, 0.3) is 10.0 Å². The predicted molar refractivity (Wildman–Crippen MR) is 77.8 cm³/mol. The molecule has 2 rings (SSSR count). The number of hydrogen-bond acceptors (Lipinski definition) is 3. The van der Waals surface area contributed by atoms with Gasteiger partial charge in [-0.2, -0.15) is 0 Å². The van der Waals surface area contributed by atoms with E-state index in [9.17, 15) is 12.8 Å². The van der Waals surface area contributed by atoms with Crippen molar-refractivity contribution in [1.82, 2.24) is 0 Å². The average molecular weight is 315 g/mol. The van der Waals surface area contributed by atoms with Crippen LogP contribution in [0.25, 0.3) is 0 Å². The van der Waals surface area contributed by atoms with Crippen molar-refractivity contribution < 1.29 is 12.8 Å². The summed E-state index contributed by atoms with van der Waals surface area (Å²) in [4.78, 5) is -0.191. The van der Waals surface area contributed by atoms with E-state index in [2.05, 4.69) is 4.72 Å². The Labute approximate surface area is 121 Å². The minimum Gasteiger partial charge on any atom is -0.398 e. The Morgan fingerprint density at radius 2 is 1.95 bits per heavy atom. The van der Waals surface area contributed by atoms with Crippen LogP contribution >= 0.6 is 11.6 Å². The van der Waals surface area contributed by atoms with Crippen molar-refractivity contribution in [2.45, 2.75) is 11.8 Å². The van der Waals surface area contributed by atoms with Crippen LogP contribution in [0.15, 0.2) is 41.3 Å². The highest BCUT2D eigenvalue weighted by Gasteiger charge is 2.21. The molecular weight excluding hydrogens is 303 g/mol. The molecule has 2 aromatic carbocycles. The molecule has 0 aliphatic rings. The van der Waals surface area contributed by atoms with Gasteiger partial charge >= 0.3 is 0 Å². The van der Waals surface area contributed by atoms with Gasteiger partial charge in [0.05, 0.1) is 10.7 Å². The van der Waals surface area contributed by atoms with Crippen LogP contribution in [0.4, 0.5) is 15.8 Å². The van der Waals surface area contributed by atoms with E-state index in [0.29, 0.717) is 5.56 Å². The van der Waals surface area contributed by atoms with Crippen LogP contribution in [0.3, 0.4) is 0 Å².